The maximum atomic E-state index is 12.3. The van der Waals surface area contributed by atoms with Gasteiger partial charge < -0.3 is 25.5 Å². The number of nitrogens with zero attached hydrogens (tertiary/aromatic N) is 3. The van der Waals surface area contributed by atoms with E-state index in [1.807, 2.05) is 12.1 Å². The van der Waals surface area contributed by atoms with E-state index in [0.717, 1.165) is 5.56 Å². The molecule has 0 bridgehead atoms. The second-order valence-electron chi connectivity index (χ2n) is 4.92. The Labute approximate surface area is 123 Å². The summed E-state index contributed by atoms with van der Waals surface area (Å²) in [6.07, 6.45) is 0. The number of urea groups is 1. The lowest BCUT2D eigenvalue weighted by atomic mass is 10.1. The van der Waals surface area contributed by atoms with Gasteiger partial charge in [-0.1, -0.05) is 23.4 Å². The maximum Gasteiger partial charge on any atom is 0.320 e. The number of ether oxygens (including phenoxy) is 1. The van der Waals surface area contributed by atoms with Crippen LogP contribution >= 0.6 is 0 Å². The highest BCUT2D eigenvalue weighted by atomic mass is 16.5. The fourth-order valence-electron chi connectivity index (χ4n) is 2.22. The van der Waals surface area contributed by atoms with Crippen molar-refractivity contribution in [3.63, 3.8) is 0 Å². The molecule has 0 aromatic heterocycles. The first-order valence-electron chi connectivity index (χ1n) is 6.76. The number of hydrogen-bond acceptors (Lipinski definition) is 4. The van der Waals surface area contributed by atoms with Gasteiger partial charge in [-0.05, 0) is 11.6 Å². The van der Waals surface area contributed by atoms with Crippen molar-refractivity contribution in [1.29, 1.82) is 0 Å². The van der Waals surface area contributed by atoms with E-state index >= 15 is 0 Å². The molecule has 1 aliphatic rings. The average molecular weight is 292 g/mol. The third kappa shape index (κ3) is 3.85. The summed E-state index contributed by atoms with van der Waals surface area (Å²) in [7, 11) is 1.76. The van der Waals surface area contributed by atoms with Gasteiger partial charge in [-0.2, -0.15) is 0 Å². The highest BCUT2D eigenvalue weighted by Crippen LogP contribution is 2.10. The van der Waals surface area contributed by atoms with Gasteiger partial charge in [-0.25, -0.2) is 4.79 Å². The van der Waals surface area contributed by atoms with Crippen LogP contribution in [0.2, 0.25) is 0 Å². The minimum Gasteiger partial charge on any atom is -0.409 e. The van der Waals surface area contributed by atoms with Gasteiger partial charge in [0.25, 0.3) is 0 Å². The molecule has 0 atom stereocenters. The van der Waals surface area contributed by atoms with Crippen molar-refractivity contribution in [1.82, 2.24) is 9.80 Å². The van der Waals surface area contributed by atoms with Crippen LogP contribution in [0, 0.1) is 0 Å². The lowest BCUT2D eigenvalue weighted by Gasteiger charge is -2.31. The Morgan fingerprint density at radius 3 is 2.86 bits per heavy atom. The van der Waals surface area contributed by atoms with E-state index in [1.165, 1.54) is 0 Å². The summed E-state index contributed by atoms with van der Waals surface area (Å²) in [5, 5.41) is 11.7. The van der Waals surface area contributed by atoms with E-state index in [4.69, 9.17) is 15.7 Å². The van der Waals surface area contributed by atoms with Crippen LogP contribution in [0.3, 0.4) is 0 Å². The van der Waals surface area contributed by atoms with E-state index < -0.39 is 0 Å². The second-order valence-corrected chi connectivity index (χ2v) is 4.92. The molecule has 7 heteroatoms. The predicted molar refractivity (Wildman–Crippen MR) is 78.2 cm³/mol. The van der Waals surface area contributed by atoms with Crippen molar-refractivity contribution in [2.24, 2.45) is 10.9 Å². The van der Waals surface area contributed by atoms with Crippen molar-refractivity contribution >= 4 is 11.9 Å². The monoisotopic (exact) mass is 292 g/mol. The number of nitrogens with two attached hydrogens (primary N) is 1. The van der Waals surface area contributed by atoms with Gasteiger partial charge >= 0.3 is 6.03 Å². The Hall–Kier alpha value is -2.28. The highest BCUT2D eigenvalue weighted by molar-refractivity contribution is 5.97. The number of carbonyl (C=O) groups excluding carboxylic acids is 1. The maximum absolute atomic E-state index is 12.3. The predicted octanol–water partition coefficient (Wildman–Crippen LogP) is 0.665. The topological polar surface area (TPSA) is 91.4 Å². The summed E-state index contributed by atoms with van der Waals surface area (Å²) in [6, 6.07) is 7.25. The van der Waals surface area contributed by atoms with Crippen LogP contribution in [-0.2, 0) is 11.3 Å². The smallest absolute Gasteiger partial charge is 0.320 e. The Kier molecular flexibility index (Phi) is 4.99. The zero-order valence-corrected chi connectivity index (χ0v) is 12.0. The molecule has 114 valence electrons. The number of carbonyl (C=O) groups is 1. The van der Waals surface area contributed by atoms with Crippen LogP contribution < -0.4 is 5.73 Å². The molecule has 0 aliphatic carbocycles. The van der Waals surface area contributed by atoms with Crippen molar-refractivity contribution in [2.45, 2.75) is 6.54 Å². The number of hydrogen-bond donors (Lipinski definition) is 2. The van der Waals surface area contributed by atoms with Gasteiger partial charge in [0.05, 0.1) is 13.2 Å². The second kappa shape index (κ2) is 6.94. The summed E-state index contributed by atoms with van der Waals surface area (Å²) in [5.41, 5.74) is 7.11. The molecule has 1 aromatic carbocycles. The minimum absolute atomic E-state index is 0.0208. The molecule has 0 unspecified atom stereocenters. The fourth-order valence-corrected chi connectivity index (χ4v) is 2.22. The largest absolute Gasteiger partial charge is 0.409 e. The molecule has 7 nitrogen and oxygen atoms in total. The lowest BCUT2D eigenvalue weighted by molar-refractivity contribution is 0.0448. The fraction of sp³-hybridized carbons (Fsp3) is 0.429. The van der Waals surface area contributed by atoms with Crippen LogP contribution in [0.25, 0.3) is 0 Å². The Morgan fingerprint density at radius 1 is 1.48 bits per heavy atom. The number of benzene rings is 1. The van der Waals surface area contributed by atoms with E-state index in [0.29, 0.717) is 38.4 Å². The van der Waals surface area contributed by atoms with Gasteiger partial charge in [0.1, 0.15) is 0 Å². The SMILES string of the molecule is CN(Cc1cccc(C(N)=NO)c1)C(=O)N1CCOCC1. The zero-order valence-electron chi connectivity index (χ0n) is 12.0. The van der Waals surface area contributed by atoms with Gasteiger partial charge in [-0.15, -0.1) is 0 Å². The third-order valence-corrected chi connectivity index (χ3v) is 3.36. The quantitative estimate of drug-likeness (QED) is 0.371. The van der Waals surface area contributed by atoms with Crippen molar-refractivity contribution < 1.29 is 14.7 Å². The molecular weight excluding hydrogens is 272 g/mol. The van der Waals surface area contributed by atoms with Gasteiger partial charge in [0.15, 0.2) is 5.84 Å². The molecular formula is C14H20N4O3. The summed E-state index contributed by atoms with van der Waals surface area (Å²) in [6.45, 7) is 2.86. The number of rotatable bonds is 3. The van der Waals surface area contributed by atoms with Gasteiger partial charge in [0.2, 0.25) is 0 Å². The lowest BCUT2D eigenvalue weighted by Crippen LogP contribution is -2.46. The molecule has 1 saturated heterocycles. The summed E-state index contributed by atoms with van der Waals surface area (Å²) >= 11 is 0. The minimum atomic E-state index is -0.0208. The molecule has 1 fully saturated rings. The average Bonchev–Trinajstić information content (AvgIpc) is 2.54. The van der Waals surface area contributed by atoms with Gasteiger partial charge in [-0.3, -0.25) is 0 Å². The Bertz CT molecular complexity index is 527. The molecule has 1 aliphatic heterocycles. The molecule has 0 radical (unpaired) electrons. The van der Waals surface area contributed by atoms with Crippen LogP contribution in [0.1, 0.15) is 11.1 Å². The number of morpholine rings is 1. The number of amidine groups is 1. The standard InChI is InChI=1S/C14H20N4O3/c1-17(14(19)18-5-7-21-8-6-18)10-11-3-2-4-12(9-11)13(15)16-20/h2-4,9,20H,5-8,10H2,1H3,(H2,15,16). The molecule has 1 aromatic rings. The normalized spacial score (nSPS) is 15.9. The van der Waals surface area contributed by atoms with Crippen molar-refractivity contribution in [3.05, 3.63) is 35.4 Å². The van der Waals surface area contributed by atoms with E-state index in [-0.39, 0.29) is 11.9 Å². The van der Waals surface area contributed by atoms with Crippen LogP contribution in [-0.4, -0.2) is 60.2 Å². The highest BCUT2D eigenvalue weighted by Gasteiger charge is 2.20. The molecule has 0 saturated carbocycles. The molecule has 2 amide bonds. The van der Waals surface area contributed by atoms with Crippen molar-refractivity contribution in [3.8, 4) is 0 Å². The first kappa shape index (κ1) is 15.1. The van der Waals surface area contributed by atoms with E-state index in [9.17, 15) is 4.79 Å². The number of amides is 2. The molecule has 1 heterocycles. The zero-order chi connectivity index (χ0) is 15.2. The van der Waals surface area contributed by atoms with Gasteiger partial charge in [0, 0.05) is 32.2 Å². The Morgan fingerprint density at radius 2 is 2.19 bits per heavy atom. The van der Waals surface area contributed by atoms with Crippen LogP contribution in [0.15, 0.2) is 29.4 Å². The summed E-state index contributed by atoms with van der Waals surface area (Å²) in [5.74, 6) is 0.0546. The first-order valence-corrected chi connectivity index (χ1v) is 6.76. The summed E-state index contributed by atoms with van der Waals surface area (Å²) < 4.78 is 5.24. The third-order valence-electron chi connectivity index (χ3n) is 3.36. The molecule has 2 rings (SSSR count). The van der Waals surface area contributed by atoms with Crippen LogP contribution in [0.4, 0.5) is 4.79 Å². The molecule has 21 heavy (non-hydrogen) atoms. The van der Waals surface area contributed by atoms with Crippen LogP contribution in [0.5, 0.6) is 0 Å². The van der Waals surface area contributed by atoms with E-state index in [1.54, 1.807) is 29.0 Å². The number of oxime groups is 1. The first-order chi connectivity index (χ1) is 10.1. The summed E-state index contributed by atoms with van der Waals surface area (Å²) in [4.78, 5) is 15.7. The van der Waals surface area contributed by atoms with Crippen molar-refractivity contribution in [2.75, 3.05) is 33.4 Å². The molecule has 0 spiro atoms. The van der Waals surface area contributed by atoms with E-state index in [2.05, 4.69) is 5.16 Å². The Balaban J connectivity index is 2.01. The molecule has 3 N–H and O–H groups in total.